The van der Waals surface area contributed by atoms with Gasteiger partial charge in [0.15, 0.2) is 0 Å². The Labute approximate surface area is 210 Å². The number of hydrogen-bond acceptors (Lipinski definition) is 2. The molecule has 0 saturated heterocycles. The van der Waals surface area contributed by atoms with Gasteiger partial charge in [0, 0.05) is 22.5 Å². The number of rotatable bonds is 7. The van der Waals surface area contributed by atoms with Crippen LogP contribution < -0.4 is 4.74 Å². The molecule has 0 unspecified atom stereocenters. The van der Waals surface area contributed by atoms with Crippen molar-refractivity contribution in [2.24, 2.45) is 4.99 Å². The molecule has 1 aromatic heterocycles. The lowest BCUT2D eigenvalue weighted by molar-refractivity contribution is 0.340. The molecule has 0 aliphatic heterocycles. The molecule has 1 heterocycles. The summed E-state index contributed by atoms with van der Waals surface area (Å²) in [6.07, 6.45) is 1.92. The Kier molecular flexibility index (Phi) is 6.78. The smallest absolute Gasteiger partial charge is 0.119 e. The first-order valence-electron chi connectivity index (χ1n) is 11.6. The van der Waals surface area contributed by atoms with E-state index in [-0.39, 0.29) is 0 Å². The summed E-state index contributed by atoms with van der Waals surface area (Å²) in [5.74, 6) is 0.855. The second-order valence-corrected chi connectivity index (χ2v) is 8.50. The van der Waals surface area contributed by atoms with Gasteiger partial charge in [-0.1, -0.05) is 78.3 Å². The van der Waals surface area contributed by atoms with Gasteiger partial charge in [0.1, 0.15) is 5.75 Å². The normalized spacial score (nSPS) is 11.1. The standard InChI is InChI=1S/C31H25ClN2O/c1-2-35-29-18-16-28(17-19-29)34-30(23-10-5-3-6-11-23)20-25(31(34)24-12-7-4-8-13-24)22-33-27-15-9-14-26(32)21-27/h3-22H,2H2,1H3. The molecule has 3 nitrogen and oxygen atoms in total. The molecule has 0 spiro atoms. The van der Waals surface area contributed by atoms with Gasteiger partial charge >= 0.3 is 0 Å². The Morgan fingerprint density at radius 3 is 2.11 bits per heavy atom. The van der Waals surface area contributed by atoms with Crippen LogP contribution in [0.25, 0.3) is 28.2 Å². The van der Waals surface area contributed by atoms with Gasteiger partial charge in [0.2, 0.25) is 0 Å². The molecule has 5 aromatic rings. The second kappa shape index (κ2) is 10.5. The minimum atomic E-state index is 0.636. The molecule has 172 valence electrons. The Balaban J connectivity index is 1.74. The summed E-state index contributed by atoms with van der Waals surface area (Å²) in [6, 6.07) is 38.8. The first kappa shape index (κ1) is 22.7. The molecule has 35 heavy (non-hydrogen) atoms. The van der Waals surface area contributed by atoms with Gasteiger partial charge in [-0.15, -0.1) is 0 Å². The summed E-state index contributed by atoms with van der Waals surface area (Å²) in [6.45, 7) is 2.63. The maximum atomic E-state index is 6.19. The molecule has 0 saturated carbocycles. The van der Waals surface area contributed by atoms with Crippen LogP contribution in [0.15, 0.2) is 120 Å². The third kappa shape index (κ3) is 5.06. The molecular formula is C31H25ClN2O. The maximum Gasteiger partial charge on any atom is 0.119 e. The molecule has 0 aliphatic rings. The van der Waals surface area contributed by atoms with Crippen molar-refractivity contribution in [3.63, 3.8) is 0 Å². The summed E-state index contributed by atoms with van der Waals surface area (Å²) in [5.41, 5.74) is 7.27. The van der Waals surface area contributed by atoms with Crippen molar-refractivity contribution in [3.05, 3.63) is 126 Å². The van der Waals surface area contributed by atoms with Crippen LogP contribution in [0.1, 0.15) is 12.5 Å². The van der Waals surface area contributed by atoms with Crippen molar-refractivity contribution in [2.45, 2.75) is 6.92 Å². The van der Waals surface area contributed by atoms with E-state index in [0.717, 1.165) is 45.2 Å². The summed E-state index contributed by atoms with van der Waals surface area (Å²) in [5, 5.41) is 0.667. The van der Waals surface area contributed by atoms with Crippen LogP contribution in [-0.2, 0) is 0 Å². The molecule has 4 aromatic carbocycles. The molecule has 4 heteroatoms. The van der Waals surface area contributed by atoms with Crippen LogP contribution in [0.2, 0.25) is 5.02 Å². The highest BCUT2D eigenvalue weighted by molar-refractivity contribution is 6.30. The average Bonchev–Trinajstić information content (AvgIpc) is 3.29. The topological polar surface area (TPSA) is 26.5 Å². The Morgan fingerprint density at radius 2 is 1.46 bits per heavy atom. The van der Waals surface area contributed by atoms with E-state index in [0.29, 0.717) is 11.6 Å². The number of hydrogen-bond donors (Lipinski definition) is 0. The van der Waals surface area contributed by atoms with Crippen LogP contribution in [0, 0.1) is 0 Å². The lowest BCUT2D eigenvalue weighted by Crippen LogP contribution is -2.01. The highest BCUT2D eigenvalue weighted by Gasteiger charge is 2.18. The Hall–Kier alpha value is -4.08. The van der Waals surface area contributed by atoms with Gasteiger partial charge in [-0.05, 0) is 66.6 Å². The average molecular weight is 477 g/mol. The largest absolute Gasteiger partial charge is 0.494 e. The Morgan fingerprint density at radius 1 is 0.771 bits per heavy atom. The van der Waals surface area contributed by atoms with E-state index in [1.165, 1.54) is 0 Å². The van der Waals surface area contributed by atoms with Gasteiger partial charge in [-0.3, -0.25) is 4.99 Å². The molecule has 0 fully saturated rings. The second-order valence-electron chi connectivity index (χ2n) is 8.07. The lowest BCUT2D eigenvalue weighted by atomic mass is 10.1. The van der Waals surface area contributed by atoms with Crippen molar-refractivity contribution >= 4 is 23.5 Å². The van der Waals surface area contributed by atoms with Crippen molar-refractivity contribution in [3.8, 4) is 34.0 Å². The SMILES string of the molecule is CCOc1ccc(-n2c(-c3ccccc3)cc(C=Nc3cccc(Cl)c3)c2-c2ccccc2)cc1. The molecule has 0 N–H and O–H groups in total. The zero-order chi connectivity index (χ0) is 24.0. The maximum absolute atomic E-state index is 6.19. The van der Waals surface area contributed by atoms with Crippen LogP contribution >= 0.6 is 11.6 Å². The van der Waals surface area contributed by atoms with E-state index < -0.39 is 0 Å². The minimum Gasteiger partial charge on any atom is -0.494 e. The highest BCUT2D eigenvalue weighted by Crippen LogP contribution is 2.36. The number of aliphatic imine (C=N–C) groups is 1. The predicted octanol–water partition coefficient (Wildman–Crippen LogP) is 8.61. The number of aromatic nitrogens is 1. The number of ether oxygens (including phenoxy) is 1. The fraction of sp³-hybridized carbons (Fsp3) is 0.0645. The molecule has 0 bridgehead atoms. The van der Waals surface area contributed by atoms with E-state index in [1.807, 2.05) is 61.7 Å². The zero-order valence-corrected chi connectivity index (χ0v) is 20.2. The third-order valence-corrected chi connectivity index (χ3v) is 5.95. The molecule has 0 amide bonds. The van der Waals surface area contributed by atoms with Crippen molar-refractivity contribution in [1.29, 1.82) is 0 Å². The highest BCUT2D eigenvalue weighted by atomic mass is 35.5. The summed E-state index contributed by atoms with van der Waals surface area (Å²) in [4.78, 5) is 4.76. The summed E-state index contributed by atoms with van der Waals surface area (Å²) >= 11 is 6.19. The first-order chi connectivity index (χ1) is 17.2. The van der Waals surface area contributed by atoms with Crippen molar-refractivity contribution in [2.75, 3.05) is 6.61 Å². The molecule has 0 radical (unpaired) electrons. The van der Waals surface area contributed by atoms with Gasteiger partial charge in [0.05, 0.1) is 23.7 Å². The van der Waals surface area contributed by atoms with E-state index in [4.69, 9.17) is 21.3 Å². The molecule has 5 rings (SSSR count). The number of halogens is 1. The first-order valence-corrected chi connectivity index (χ1v) is 12.0. The molecular weight excluding hydrogens is 452 g/mol. The summed E-state index contributed by atoms with van der Waals surface area (Å²) < 4.78 is 7.98. The van der Waals surface area contributed by atoms with Gasteiger partial charge < -0.3 is 9.30 Å². The monoisotopic (exact) mass is 476 g/mol. The van der Waals surface area contributed by atoms with E-state index >= 15 is 0 Å². The van der Waals surface area contributed by atoms with Gasteiger partial charge in [-0.2, -0.15) is 0 Å². The molecule has 0 aliphatic carbocycles. The van der Waals surface area contributed by atoms with Crippen molar-refractivity contribution in [1.82, 2.24) is 4.57 Å². The van der Waals surface area contributed by atoms with E-state index in [9.17, 15) is 0 Å². The third-order valence-electron chi connectivity index (χ3n) is 5.71. The van der Waals surface area contributed by atoms with Crippen molar-refractivity contribution < 1.29 is 4.74 Å². The fourth-order valence-corrected chi connectivity index (χ4v) is 4.35. The van der Waals surface area contributed by atoms with E-state index in [1.54, 1.807) is 0 Å². The van der Waals surface area contributed by atoms with Crippen LogP contribution in [0.5, 0.6) is 5.75 Å². The zero-order valence-electron chi connectivity index (χ0n) is 19.4. The number of benzene rings is 4. The van der Waals surface area contributed by atoms with E-state index in [2.05, 4.69) is 71.3 Å². The fourth-order valence-electron chi connectivity index (χ4n) is 4.17. The lowest BCUT2D eigenvalue weighted by Gasteiger charge is -2.15. The predicted molar refractivity (Wildman–Crippen MR) is 147 cm³/mol. The van der Waals surface area contributed by atoms with Crippen LogP contribution in [-0.4, -0.2) is 17.4 Å². The van der Waals surface area contributed by atoms with Crippen LogP contribution in [0.4, 0.5) is 5.69 Å². The van der Waals surface area contributed by atoms with Crippen LogP contribution in [0.3, 0.4) is 0 Å². The molecule has 0 atom stereocenters. The Bertz CT molecular complexity index is 1440. The van der Waals surface area contributed by atoms with Gasteiger partial charge in [-0.25, -0.2) is 0 Å². The minimum absolute atomic E-state index is 0.636. The quantitative estimate of drug-likeness (QED) is 0.216. The summed E-state index contributed by atoms with van der Waals surface area (Å²) in [7, 11) is 0. The number of nitrogens with zero attached hydrogens (tertiary/aromatic N) is 2. The van der Waals surface area contributed by atoms with Gasteiger partial charge in [0.25, 0.3) is 0 Å².